The summed E-state index contributed by atoms with van der Waals surface area (Å²) in [4.78, 5) is 38.1. The zero-order chi connectivity index (χ0) is 14.7. The fraction of sp³-hybridized carbons (Fsp3) is 0.727. The van der Waals surface area contributed by atoms with Gasteiger partial charge in [-0.3, -0.25) is 19.6 Å². The molecule has 0 aromatic rings. The summed E-state index contributed by atoms with van der Waals surface area (Å²) in [7, 11) is 3.27. The van der Waals surface area contributed by atoms with E-state index in [1.54, 1.807) is 21.0 Å². The van der Waals surface area contributed by atoms with Gasteiger partial charge in [-0.05, 0) is 13.8 Å². The number of hydroxylamine groups is 1. The zero-order valence-electron chi connectivity index (χ0n) is 11.4. The largest absolute Gasteiger partial charge is 0.349 e. The van der Waals surface area contributed by atoms with Gasteiger partial charge >= 0.3 is 0 Å². The van der Waals surface area contributed by atoms with Crippen molar-refractivity contribution in [2.24, 2.45) is 0 Å². The molecule has 0 radical (unpaired) electrons. The quantitative estimate of drug-likeness (QED) is 0.545. The van der Waals surface area contributed by atoms with Gasteiger partial charge in [0.25, 0.3) is 5.91 Å². The van der Waals surface area contributed by atoms with Crippen molar-refractivity contribution in [1.82, 2.24) is 15.3 Å². The van der Waals surface area contributed by atoms with Gasteiger partial charge in [0, 0.05) is 20.5 Å². The molecule has 0 aromatic heterocycles. The van der Waals surface area contributed by atoms with Gasteiger partial charge in [0.05, 0.1) is 10.6 Å². The Kier molecular flexibility index (Phi) is 5.19. The summed E-state index contributed by atoms with van der Waals surface area (Å²) in [6.07, 6.45) is 0.116. The fourth-order valence-electron chi connectivity index (χ4n) is 1.91. The Morgan fingerprint density at radius 1 is 1.53 bits per heavy atom. The van der Waals surface area contributed by atoms with Crippen LogP contribution in [0.25, 0.3) is 0 Å². The molecule has 1 aliphatic rings. The molecular weight excluding hydrogens is 270 g/mol. The maximum Gasteiger partial charge on any atom is 0.265 e. The minimum absolute atomic E-state index is 0.116. The number of nitrogens with one attached hydrogen (secondary N) is 1. The van der Waals surface area contributed by atoms with E-state index in [1.807, 2.05) is 0 Å². The van der Waals surface area contributed by atoms with E-state index in [0.29, 0.717) is 0 Å². The Labute approximate surface area is 116 Å². The predicted octanol–water partition coefficient (Wildman–Crippen LogP) is -0.351. The van der Waals surface area contributed by atoms with Gasteiger partial charge in [-0.2, -0.15) is 0 Å². The number of hydrogen-bond donors (Lipinski definition) is 2. The Bertz CT molecular complexity index is 388. The average molecular weight is 289 g/mol. The zero-order valence-corrected chi connectivity index (χ0v) is 12.2. The Morgan fingerprint density at radius 2 is 2.11 bits per heavy atom. The lowest BCUT2D eigenvalue weighted by molar-refractivity contribution is -0.143. The second kappa shape index (κ2) is 6.25. The van der Waals surface area contributed by atoms with E-state index in [0.717, 1.165) is 0 Å². The smallest absolute Gasteiger partial charge is 0.265 e. The van der Waals surface area contributed by atoms with Crippen molar-refractivity contribution in [3.05, 3.63) is 0 Å². The standard InChI is InChI=1S/C11H19N3O4S/c1-6(10(16)12-18)14-7(2)19-8(11(14)17)5-9(15)13(3)4/h6-8,18H,5H2,1-4H3,(H,12,16). The summed E-state index contributed by atoms with van der Waals surface area (Å²) >= 11 is 1.35. The van der Waals surface area contributed by atoms with E-state index < -0.39 is 17.2 Å². The van der Waals surface area contributed by atoms with Crippen LogP contribution in [0.1, 0.15) is 20.3 Å². The van der Waals surface area contributed by atoms with Crippen LogP contribution in [0.15, 0.2) is 0 Å². The third-order valence-electron chi connectivity index (χ3n) is 3.05. The molecule has 0 bridgehead atoms. The summed E-state index contributed by atoms with van der Waals surface area (Å²) in [5.74, 6) is -1.01. The van der Waals surface area contributed by atoms with Crippen LogP contribution in [-0.2, 0) is 14.4 Å². The maximum atomic E-state index is 12.2. The number of nitrogens with zero attached hydrogens (tertiary/aromatic N) is 2. The monoisotopic (exact) mass is 289 g/mol. The van der Waals surface area contributed by atoms with E-state index in [2.05, 4.69) is 0 Å². The normalized spacial score (nSPS) is 24.3. The number of hydrogen-bond acceptors (Lipinski definition) is 5. The van der Waals surface area contributed by atoms with Gasteiger partial charge in [-0.15, -0.1) is 11.8 Å². The van der Waals surface area contributed by atoms with E-state index in [4.69, 9.17) is 5.21 Å². The molecular formula is C11H19N3O4S. The first-order chi connectivity index (χ1) is 8.79. The first kappa shape index (κ1) is 15.8. The van der Waals surface area contributed by atoms with Crippen molar-refractivity contribution in [3.63, 3.8) is 0 Å². The second-order valence-electron chi connectivity index (χ2n) is 4.61. The molecule has 108 valence electrons. The summed E-state index contributed by atoms with van der Waals surface area (Å²) in [6, 6.07) is -0.764. The second-order valence-corrected chi connectivity index (χ2v) is 6.14. The first-order valence-corrected chi connectivity index (χ1v) is 6.85. The Morgan fingerprint density at radius 3 is 2.58 bits per heavy atom. The van der Waals surface area contributed by atoms with Gasteiger partial charge in [0.2, 0.25) is 11.8 Å². The molecule has 7 nitrogen and oxygen atoms in total. The molecule has 19 heavy (non-hydrogen) atoms. The molecule has 1 rings (SSSR count). The fourth-order valence-corrected chi connectivity index (χ4v) is 3.28. The first-order valence-electron chi connectivity index (χ1n) is 5.91. The van der Waals surface area contributed by atoms with Crippen molar-refractivity contribution < 1.29 is 19.6 Å². The van der Waals surface area contributed by atoms with Gasteiger partial charge in [0.1, 0.15) is 6.04 Å². The van der Waals surface area contributed by atoms with Crippen LogP contribution >= 0.6 is 11.8 Å². The molecule has 0 spiro atoms. The summed E-state index contributed by atoms with van der Waals surface area (Å²) in [5.41, 5.74) is 1.54. The van der Waals surface area contributed by atoms with Gasteiger partial charge in [-0.25, -0.2) is 5.48 Å². The maximum absolute atomic E-state index is 12.2. The van der Waals surface area contributed by atoms with Crippen LogP contribution in [0, 0.1) is 0 Å². The molecule has 3 atom stereocenters. The summed E-state index contributed by atoms with van der Waals surface area (Å²) < 4.78 is 0. The molecule has 1 saturated heterocycles. The lowest BCUT2D eigenvalue weighted by Gasteiger charge is -2.26. The van der Waals surface area contributed by atoms with E-state index in [9.17, 15) is 14.4 Å². The number of carbonyl (C=O) groups is 3. The van der Waals surface area contributed by atoms with Crippen LogP contribution in [0.5, 0.6) is 0 Å². The summed E-state index contributed by atoms with van der Waals surface area (Å²) in [6.45, 7) is 3.33. The molecule has 1 aliphatic heterocycles. The third kappa shape index (κ3) is 3.38. The predicted molar refractivity (Wildman–Crippen MR) is 70.4 cm³/mol. The molecule has 8 heteroatoms. The van der Waals surface area contributed by atoms with E-state index >= 15 is 0 Å². The highest BCUT2D eigenvalue weighted by molar-refractivity contribution is 8.01. The van der Waals surface area contributed by atoms with Gasteiger partial charge in [0.15, 0.2) is 0 Å². The number of amides is 3. The highest BCUT2D eigenvalue weighted by Crippen LogP contribution is 2.34. The van der Waals surface area contributed by atoms with E-state index in [1.165, 1.54) is 34.0 Å². The van der Waals surface area contributed by atoms with Crippen molar-refractivity contribution in [2.75, 3.05) is 14.1 Å². The molecule has 3 amide bonds. The van der Waals surface area contributed by atoms with Crippen molar-refractivity contribution in [1.29, 1.82) is 0 Å². The Hall–Kier alpha value is -1.28. The van der Waals surface area contributed by atoms with Crippen LogP contribution in [0.2, 0.25) is 0 Å². The molecule has 0 aliphatic carbocycles. The summed E-state index contributed by atoms with van der Waals surface area (Å²) in [5, 5.41) is 7.94. The van der Waals surface area contributed by atoms with Crippen molar-refractivity contribution in [3.8, 4) is 0 Å². The third-order valence-corrected chi connectivity index (χ3v) is 4.37. The molecule has 2 N–H and O–H groups in total. The SMILES string of the molecule is CC1SC(CC(=O)N(C)C)C(=O)N1C(C)C(=O)NO. The lowest BCUT2D eigenvalue weighted by Crippen LogP contribution is -2.48. The average Bonchev–Trinajstić information content (AvgIpc) is 2.62. The van der Waals surface area contributed by atoms with Crippen molar-refractivity contribution >= 4 is 29.5 Å². The van der Waals surface area contributed by atoms with Crippen LogP contribution in [-0.4, -0.2) is 63.5 Å². The topological polar surface area (TPSA) is 90.0 Å². The van der Waals surface area contributed by atoms with Gasteiger partial charge < -0.3 is 9.80 Å². The number of carbonyl (C=O) groups excluding carboxylic acids is 3. The van der Waals surface area contributed by atoms with Gasteiger partial charge in [-0.1, -0.05) is 0 Å². The van der Waals surface area contributed by atoms with Crippen LogP contribution in [0.3, 0.4) is 0 Å². The van der Waals surface area contributed by atoms with Crippen LogP contribution < -0.4 is 5.48 Å². The molecule has 0 aromatic carbocycles. The minimum Gasteiger partial charge on any atom is -0.349 e. The molecule has 0 saturated carbocycles. The van der Waals surface area contributed by atoms with Crippen LogP contribution in [0.4, 0.5) is 0 Å². The molecule has 1 fully saturated rings. The molecule has 3 unspecified atom stereocenters. The number of thioether (sulfide) groups is 1. The minimum atomic E-state index is -0.764. The highest BCUT2D eigenvalue weighted by atomic mass is 32.2. The van der Waals surface area contributed by atoms with E-state index in [-0.39, 0.29) is 23.6 Å². The highest BCUT2D eigenvalue weighted by Gasteiger charge is 2.43. The molecule has 1 heterocycles. The van der Waals surface area contributed by atoms with Crippen molar-refractivity contribution in [2.45, 2.75) is 36.9 Å². The Balaban J connectivity index is 2.76. The lowest BCUT2D eigenvalue weighted by atomic mass is 10.2. The number of rotatable bonds is 4.